The second-order valence-electron chi connectivity index (χ2n) is 5.75. The van der Waals surface area contributed by atoms with Crippen LogP contribution in [0.2, 0.25) is 0 Å². The van der Waals surface area contributed by atoms with Crippen molar-refractivity contribution in [2.75, 3.05) is 18.0 Å². The van der Waals surface area contributed by atoms with Gasteiger partial charge in [-0.25, -0.2) is 9.97 Å². The zero-order valence-corrected chi connectivity index (χ0v) is 12.1. The number of rotatable bonds is 3. The zero-order chi connectivity index (χ0) is 14.2. The highest BCUT2D eigenvalue weighted by atomic mass is 15.2. The van der Waals surface area contributed by atoms with Gasteiger partial charge in [0.1, 0.15) is 11.6 Å². The molecule has 3 heterocycles. The van der Waals surface area contributed by atoms with Gasteiger partial charge in [0.05, 0.1) is 0 Å². The highest BCUT2D eigenvalue weighted by molar-refractivity contribution is 5.92. The molecule has 1 aromatic carbocycles. The molecule has 0 saturated carbocycles. The van der Waals surface area contributed by atoms with Crippen LogP contribution < -0.4 is 4.90 Å². The molecule has 1 aliphatic heterocycles. The van der Waals surface area contributed by atoms with Crippen LogP contribution in [0.25, 0.3) is 10.8 Å². The molecule has 4 heteroatoms. The Kier molecular flexibility index (Phi) is 2.88. The summed E-state index contributed by atoms with van der Waals surface area (Å²) < 4.78 is 2.23. The first kappa shape index (κ1) is 12.4. The van der Waals surface area contributed by atoms with Crippen LogP contribution in [0.5, 0.6) is 0 Å². The SMILES string of the molecule is Cc1nccn1CC1CN(c2nccc3ccccc23)C1. The summed E-state index contributed by atoms with van der Waals surface area (Å²) in [6, 6.07) is 10.5. The van der Waals surface area contributed by atoms with E-state index >= 15 is 0 Å². The number of aryl methyl sites for hydroxylation is 1. The summed E-state index contributed by atoms with van der Waals surface area (Å²) in [5.41, 5.74) is 0. The van der Waals surface area contributed by atoms with Crippen molar-refractivity contribution >= 4 is 16.6 Å². The maximum absolute atomic E-state index is 4.58. The number of anilines is 1. The Labute approximate surface area is 124 Å². The first-order valence-corrected chi connectivity index (χ1v) is 7.38. The maximum atomic E-state index is 4.58. The molecule has 0 N–H and O–H groups in total. The van der Waals surface area contributed by atoms with Gasteiger partial charge in [0.15, 0.2) is 0 Å². The van der Waals surface area contributed by atoms with Crippen molar-refractivity contribution in [3.05, 3.63) is 54.7 Å². The van der Waals surface area contributed by atoms with E-state index in [-0.39, 0.29) is 0 Å². The van der Waals surface area contributed by atoms with E-state index in [1.54, 1.807) is 0 Å². The Balaban J connectivity index is 1.51. The van der Waals surface area contributed by atoms with Crippen molar-refractivity contribution < 1.29 is 0 Å². The summed E-state index contributed by atoms with van der Waals surface area (Å²) in [4.78, 5) is 11.2. The van der Waals surface area contributed by atoms with Gasteiger partial charge in [-0.3, -0.25) is 0 Å². The standard InChI is InChI=1S/C17H18N4/c1-13-18-8-9-20(13)10-14-11-21(12-14)17-16-5-3-2-4-15(16)6-7-19-17/h2-9,14H,10-12H2,1H3. The van der Waals surface area contributed by atoms with Crippen LogP contribution in [0.1, 0.15) is 5.82 Å². The normalized spacial score (nSPS) is 15.4. The zero-order valence-electron chi connectivity index (χ0n) is 12.1. The summed E-state index contributed by atoms with van der Waals surface area (Å²) in [6.45, 7) is 5.24. The molecule has 4 nitrogen and oxygen atoms in total. The Hall–Kier alpha value is -2.36. The molecule has 1 saturated heterocycles. The molecule has 0 bridgehead atoms. The van der Waals surface area contributed by atoms with Gasteiger partial charge in [-0.2, -0.15) is 0 Å². The minimum atomic E-state index is 0.679. The van der Waals surface area contributed by atoms with Crippen molar-refractivity contribution in [2.45, 2.75) is 13.5 Å². The smallest absolute Gasteiger partial charge is 0.136 e. The van der Waals surface area contributed by atoms with Gasteiger partial charge >= 0.3 is 0 Å². The summed E-state index contributed by atoms with van der Waals surface area (Å²) in [5.74, 6) is 2.89. The Bertz CT molecular complexity index is 766. The molecule has 0 atom stereocenters. The minimum Gasteiger partial charge on any atom is -0.355 e. The minimum absolute atomic E-state index is 0.679. The van der Waals surface area contributed by atoms with Crippen molar-refractivity contribution in [3.63, 3.8) is 0 Å². The van der Waals surface area contributed by atoms with Crippen molar-refractivity contribution in [1.82, 2.24) is 14.5 Å². The molecule has 106 valence electrons. The third kappa shape index (κ3) is 2.17. The average molecular weight is 278 g/mol. The lowest BCUT2D eigenvalue weighted by molar-refractivity contribution is 0.353. The molecule has 0 aliphatic carbocycles. The molecule has 4 rings (SSSR count). The third-order valence-electron chi connectivity index (χ3n) is 4.29. The van der Waals surface area contributed by atoms with E-state index in [0.29, 0.717) is 5.92 Å². The quantitative estimate of drug-likeness (QED) is 0.738. The van der Waals surface area contributed by atoms with Crippen LogP contribution in [0, 0.1) is 12.8 Å². The predicted molar refractivity (Wildman–Crippen MR) is 84.4 cm³/mol. The van der Waals surface area contributed by atoms with Gasteiger partial charge in [-0.15, -0.1) is 0 Å². The Morgan fingerprint density at radius 1 is 1.10 bits per heavy atom. The molecule has 2 aromatic heterocycles. The van der Waals surface area contributed by atoms with E-state index in [1.165, 1.54) is 10.8 Å². The van der Waals surface area contributed by atoms with Gasteiger partial charge in [0.2, 0.25) is 0 Å². The van der Waals surface area contributed by atoms with E-state index in [4.69, 9.17) is 0 Å². The molecular weight excluding hydrogens is 260 g/mol. The summed E-state index contributed by atoms with van der Waals surface area (Å²) in [5, 5.41) is 2.51. The molecular formula is C17H18N4. The highest BCUT2D eigenvalue weighted by Gasteiger charge is 2.29. The second-order valence-corrected chi connectivity index (χ2v) is 5.75. The summed E-state index contributed by atoms with van der Waals surface area (Å²) in [7, 11) is 0. The fourth-order valence-electron chi connectivity index (χ4n) is 3.09. The first-order valence-electron chi connectivity index (χ1n) is 7.38. The fourth-order valence-corrected chi connectivity index (χ4v) is 3.09. The van der Waals surface area contributed by atoms with Gasteiger partial charge < -0.3 is 9.47 Å². The lowest BCUT2D eigenvalue weighted by atomic mass is 9.99. The predicted octanol–water partition coefficient (Wildman–Crippen LogP) is 2.88. The van der Waals surface area contributed by atoms with Crippen LogP contribution in [0.15, 0.2) is 48.9 Å². The molecule has 0 unspecified atom stereocenters. The Morgan fingerprint density at radius 2 is 1.95 bits per heavy atom. The van der Waals surface area contributed by atoms with E-state index in [2.05, 4.69) is 62.9 Å². The van der Waals surface area contributed by atoms with E-state index < -0.39 is 0 Å². The van der Waals surface area contributed by atoms with Crippen molar-refractivity contribution in [2.24, 2.45) is 5.92 Å². The Morgan fingerprint density at radius 3 is 2.76 bits per heavy atom. The number of aromatic nitrogens is 3. The highest BCUT2D eigenvalue weighted by Crippen LogP contribution is 2.30. The van der Waals surface area contributed by atoms with Gasteiger partial charge in [-0.05, 0) is 18.4 Å². The van der Waals surface area contributed by atoms with Crippen LogP contribution in [0.3, 0.4) is 0 Å². The largest absolute Gasteiger partial charge is 0.355 e. The van der Waals surface area contributed by atoms with Crippen LogP contribution >= 0.6 is 0 Å². The van der Waals surface area contributed by atoms with Crippen LogP contribution in [0.4, 0.5) is 5.82 Å². The van der Waals surface area contributed by atoms with Gasteiger partial charge in [0.25, 0.3) is 0 Å². The van der Waals surface area contributed by atoms with Crippen LogP contribution in [-0.4, -0.2) is 27.6 Å². The van der Waals surface area contributed by atoms with Crippen molar-refractivity contribution in [3.8, 4) is 0 Å². The topological polar surface area (TPSA) is 34.0 Å². The lowest BCUT2D eigenvalue weighted by Gasteiger charge is -2.41. The third-order valence-corrected chi connectivity index (χ3v) is 4.29. The van der Waals surface area contributed by atoms with Crippen molar-refractivity contribution in [1.29, 1.82) is 0 Å². The molecule has 21 heavy (non-hydrogen) atoms. The number of pyridine rings is 1. The van der Waals surface area contributed by atoms with Gasteiger partial charge in [0, 0.05) is 49.5 Å². The number of fused-ring (bicyclic) bond motifs is 1. The number of benzene rings is 1. The molecule has 0 radical (unpaired) electrons. The van der Waals surface area contributed by atoms with E-state index in [9.17, 15) is 0 Å². The maximum Gasteiger partial charge on any atom is 0.136 e. The number of hydrogen-bond acceptors (Lipinski definition) is 3. The van der Waals surface area contributed by atoms with E-state index in [0.717, 1.165) is 31.3 Å². The number of hydrogen-bond donors (Lipinski definition) is 0. The van der Waals surface area contributed by atoms with Crippen LogP contribution in [-0.2, 0) is 6.54 Å². The molecule has 1 fully saturated rings. The summed E-state index contributed by atoms with van der Waals surface area (Å²) >= 11 is 0. The average Bonchev–Trinajstić information content (AvgIpc) is 2.87. The number of nitrogens with zero attached hydrogens (tertiary/aromatic N) is 4. The summed E-state index contributed by atoms with van der Waals surface area (Å²) in [6.07, 6.45) is 5.84. The molecule has 3 aromatic rings. The molecule has 0 amide bonds. The lowest BCUT2D eigenvalue weighted by Crippen LogP contribution is -2.49. The first-order chi connectivity index (χ1) is 10.3. The molecule has 0 spiro atoms. The van der Waals surface area contributed by atoms with E-state index in [1.807, 2.05) is 12.4 Å². The molecule has 1 aliphatic rings. The number of imidazole rings is 1. The van der Waals surface area contributed by atoms with Gasteiger partial charge in [-0.1, -0.05) is 24.3 Å². The second kappa shape index (κ2) is 4.88. The fraction of sp³-hybridized carbons (Fsp3) is 0.294. The monoisotopic (exact) mass is 278 g/mol.